The Labute approximate surface area is 147 Å². The summed E-state index contributed by atoms with van der Waals surface area (Å²) in [7, 11) is -3.48. The number of aryl methyl sites for hydroxylation is 1. The van der Waals surface area contributed by atoms with E-state index in [9.17, 15) is 8.42 Å². The average molecular weight is 358 g/mol. The summed E-state index contributed by atoms with van der Waals surface area (Å²) < 4.78 is 27.5. The summed E-state index contributed by atoms with van der Waals surface area (Å²) >= 11 is 1.64. The molecule has 24 heavy (non-hydrogen) atoms. The highest BCUT2D eigenvalue weighted by Crippen LogP contribution is 2.20. The minimum absolute atomic E-state index is 0.307. The molecule has 3 aromatic rings. The van der Waals surface area contributed by atoms with Gasteiger partial charge in [0.25, 0.3) is 0 Å². The predicted molar refractivity (Wildman–Crippen MR) is 101 cm³/mol. The van der Waals surface area contributed by atoms with Gasteiger partial charge in [-0.1, -0.05) is 48.0 Å². The molecule has 0 aromatic heterocycles. The lowest BCUT2D eigenvalue weighted by atomic mass is 10.1. The van der Waals surface area contributed by atoms with Crippen molar-refractivity contribution < 1.29 is 8.42 Å². The fourth-order valence-electron chi connectivity index (χ4n) is 2.40. The van der Waals surface area contributed by atoms with E-state index in [4.69, 9.17) is 0 Å². The third kappa shape index (κ3) is 4.17. The molecule has 0 fully saturated rings. The number of thioether (sulfide) groups is 1. The first-order chi connectivity index (χ1) is 11.5. The second-order valence-corrected chi connectivity index (χ2v) is 8.50. The van der Waals surface area contributed by atoms with Crippen LogP contribution in [-0.4, -0.2) is 20.7 Å². The smallest absolute Gasteiger partial charge is 0.210 e. The van der Waals surface area contributed by atoms with Crippen LogP contribution in [0.25, 0.3) is 10.8 Å². The zero-order valence-electron chi connectivity index (χ0n) is 13.4. The Balaban J connectivity index is 1.61. The first-order valence-corrected chi connectivity index (χ1v) is 10.2. The standard InChI is InChI=1S/C19H19NO2S2/c1-15-6-9-18(10-7-15)23-13-12-20-24(21,22)19-11-8-16-4-2-3-5-17(16)14-19/h2-11,14,20H,12-13H2,1H3. The number of hydrogen-bond donors (Lipinski definition) is 1. The lowest BCUT2D eigenvalue weighted by Gasteiger charge is -2.08. The molecule has 0 heterocycles. The van der Waals surface area contributed by atoms with Crippen molar-refractivity contribution in [2.75, 3.05) is 12.3 Å². The van der Waals surface area contributed by atoms with Gasteiger partial charge in [0.15, 0.2) is 0 Å². The van der Waals surface area contributed by atoms with E-state index in [1.54, 1.807) is 23.9 Å². The zero-order valence-corrected chi connectivity index (χ0v) is 15.0. The molecule has 3 rings (SSSR count). The highest BCUT2D eigenvalue weighted by molar-refractivity contribution is 7.99. The van der Waals surface area contributed by atoms with Crippen molar-refractivity contribution in [2.24, 2.45) is 0 Å². The molecule has 124 valence electrons. The zero-order chi connectivity index (χ0) is 17.0. The summed E-state index contributed by atoms with van der Waals surface area (Å²) in [5, 5.41) is 1.96. The van der Waals surface area contributed by atoms with Crippen LogP contribution < -0.4 is 4.72 Å². The first kappa shape index (κ1) is 17.0. The van der Waals surface area contributed by atoms with Gasteiger partial charge >= 0.3 is 0 Å². The molecule has 0 radical (unpaired) electrons. The van der Waals surface area contributed by atoms with Gasteiger partial charge in [0, 0.05) is 17.2 Å². The molecule has 5 heteroatoms. The molecule has 0 bridgehead atoms. The molecule has 3 aromatic carbocycles. The van der Waals surface area contributed by atoms with Crippen molar-refractivity contribution in [1.82, 2.24) is 4.72 Å². The summed E-state index contributed by atoms with van der Waals surface area (Å²) in [5.41, 5.74) is 1.22. The highest BCUT2D eigenvalue weighted by atomic mass is 32.2. The molecule has 1 N–H and O–H groups in total. The van der Waals surface area contributed by atoms with Gasteiger partial charge in [0.2, 0.25) is 10.0 Å². The van der Waals surface area contributed by atoms with E-state index in [0.29, 0.717) is 17.2 Å². The summed E-state index contributed by atoms with van der Waals surface area (Å²) in [6, 6.07) is 21.2. The summed E-state index contributed by atoms with van der Waals surface area (Å²) in [5.74, 6) is 0.690. The van der Waals surface area contributed by atoms with E-state index in [-0.39, 0.29) is 0 Å². The monoisotopic (exact) mass is 357 g/mol. The van der Waals surface area contributed by atoms with Gasteiger partial charge in [0.1, 0.15) is 0 Å². The molecule has 0 atom stereocenters. The quantitative estimate of drug-likeness (QED) is 0.531. The predicted octanol–water partition coefficient (Wildman–Crippen LogP) is 4.22. The van der Waals surface area contributed by atoms with Crippen LogP contribution in [0, 0.1) is 6.92 Å². The SMILES string of the molecule is Cc1ccc(SCCNS(=O)(=O)c2ccc3ccccc3c2)cc1. The maximum absolute atomic E-state index is 12.4. The fraction of sp³-hybridized carbons (Fsp3) is 0.158. The Bertz CT molecular complexity index is 935. The summed E-state index contributed by atoms with van der Waals surface area (Å²) in [4.78, 5) is 1.45. The van der Waals surface area contributed by atoms with Crippen molar-refractivity contribution in [2.45, 2.75) is 16.7 Å². The number of nitrogens with one attached hydrogen (secondary N) is 1. The maximum Gasteiger partial charge on any atom is 0.240 e. The van der Waals surface area contributed by atoms with Crippen LogP contribution in [-0.2, 0) is 10.0 Å². The van der Waals surface area contributed by atoms with Gasteiger partial charge in [0.05, 0.1) is 4.90 Å². The summed E-state index contributed by atoms with van der Waals surface area (Å²) in [6.07, 6.45) is 0. The normalized spacial score (nSPS) is 11.7. The van der Waals surface area contributed by atoms with Crippen LogP contribution in [0.3, 0.4) is 0 Å². The molecule has 0 aliphatic rings. The van der Waals surface area contributed by atoms with Crippen LogP contribution in [0.5, 0.6) is 0 Å². The Morgan fingerprint density at radius 2 is 1.62 bits per heavy atom. The van der Waals surface area contributed by atoms with Gasteiger partial charge in [-0.25, -0.2) is 13.1 Å². The Morgan fingerprint density at radius 3 is 2.38 bits per heavy atom. The lowest BCUT2D eigenvalue weighted by molar-refractivity contribution is 0.584. The van der Waals surface area contributed by atoms with Gasteiger partial charge in [-0.3, -0.25) is 0 Å². The van der Waals surface area contributed by atoms with E-state index >= 15 is 0 Å². The van der Waals surface area contributed by atoms with Crippen LogP contribution in [0.1, 0.15) is 5.56 Å². The molecule has 0 saturated heterocycles. The molecule has 0 saturated carbocycles. The van der Waals surface area contributed by atoms with Gasteiger partial charge in [-0.2, -0.15) is 0 Å². The summed E-state index contributed by atoms with van der Waals surface area (Å²) in [6.45, 7) is 2.44. The Hall–Kier alpha value is -1.82. The third-order valence-electron chi connectivity index (χ3n) is 3.72. The second kappa shape index (κ2) is 7.38. The third-order valence-corrected chi connectivity index (χ3v) is 6.19. The minimum Gasteiger partial charge on any atom is -0.210 e. The molecular weight excluding hydrogens is 338 g/mol. The number of rotatable bonds is 6. The number of hydrogen-bond acceptors (Lipinski definition) is 3. The Morgan fingerprint density at radius 1 is 0.917 bits per heavy atom. The topological polar surface area (TPSA) is 46.2 Å². The maximum atomic E-state index is 12.4. The Kier molecular flexibility index (Phi) is 5.23. The lowest BCUT2D eigenvalue weighted by Crippen LogP contribution is -2.26. The van der Waals surface area contributed by atoms with Gasteiger partial charge in [-0.15, -0.1) is 11.8 Å². The largest absolute Gasteiger partial charge is 0.240 e. The highest BCUT2D eigenvalue weighted by Gasteiger charge is 2.13. The van der Waals surface area contributed by atoms with Crippen LogP contribution >= 0.6 is 11.8 Å². The van der Waals surface area contributed by atoms with Crippen molar-refractivity contribution in [1.29, 1.82) is 0 Å². The molecular formula is C19H19NO2S2. The molecule has 0 unspecified atom stereocenters. The fourth-order valence-corrected chi connectivity index (χ4v) is 4.36. The minimum atomic E-state index is -3.48. The van der Waals surface area contributed by atoms with E-state index in [0.717, 1.165) is 15.7 Å². The average Bonchev–Trinajstić information content (AvgIpc) is 2.60. The van der Waals surface area contributed by atoms with E-state index in [1.807, 2.05) is 37.3 Å². The first-order valence-electron chi connectivity index (χ1n) is 7.72. The van der Waals surface area contributed by atoms with Crippen LogP contribution in [0.2, 0.25) is 0 Å². The van der Waals surface area contributed by atoms with Crippen LogP contribution in [0.15, 0.2) is 76.5 Å². The number of fused-ring (bicyclic) bond motifs is 1. The van der Waals surface area contributed by atoms with Crippen molar-refractivity contribution >= 4 is 32.6 Å². The molecule has 0 amide bonds. The van der Waals surface area contributed by atoms with Crippen molar-refractivity contribution in [3.63, 3.8) is 0 Å². The second-order valence-electron chi connectivity index (χ2n) is 5.57. The van der Waals surface area contributed by atoms with E-state index < -0.39 is 10.0 Å². The van der Waals surface area contributed by atoms with E-state index in [1.165, 1.54) is 5.56 Å². The molecule has 3 nitrogen and oxygen atoms in total. The molecule has 0 aliphatic heterocycles. The molecule has 0 aliphatic carbocycles. The van der Waals surface area contributed by atoms with Gasteiger partial charge in [-0.05, 0) is 42.0 Å². The van der Waals surface area contributed by atoms with Crippen molar-refractivity contribution in [3.05, 3.63) is 72.3 Å². The molecule has 0 spiro atoms. The van der Waals surface area contributed by atoms with Crippen LogP contribution in [0.4, 0.5) is 0 Å². The number of sulfonamides is 1. The van der Waals surface area contributed by atoms with E-state index in [2.05, 4.69) is 29.0 Å². The van der Waals surface area contributed by atoms with Crippen molar-refractivity contribution in [3.8, 4) is 0 Å². The van der Waals surface area contributed by atoms with Gasteiger partial charge < -0.3 is 0 Å². The number of benzene rings is 3.